The third-order valence-electron chi connectivity index (χ3n) is 3.91. The average Bonchev–Trinajstić information content (AvgIpc) is 3.07. The van der Waals surface area contributed by atoms with E-state index in [-0.39, 0.29) is 0 Å². The molecule has 1 N–H and O–H groups in total. The normalized spacial score (nSPS) is 11.0. The third-order valence-corrected chi connectivity index (χ3v) is 3.91. The van der Waals surface area contributed by atoms with Crippen LogP contribution in [0.25, 0.3) is 11.4 Å². The van der Waals surface area contributed by atoms with E-state index < -0.39 is 0 Å². The highest BCUT2D eigenvalue weighted by atomic mass is 15.3. The summed E-state index contributed by atoms with van der Waals surface area (Å²) >= 11 is 0. The molecule has 0 unspecified atom stereocenters. The van der Waals surface area contributed by atoms with E-state index in [1.54, 1.807) is 12.4 Å². The quantitative estimate of drug-likeness (QED) is 0.704. The van der Waals surface area contributed by atoms with Gasteiger partial charge in [0.05, 0.1) is 0 Å². The minimum atomic E-state index is 0.664. The molecule has 0 aliphatic rings. The van der Waals surface area contributed by atoms with Crippen molar-refractivity contribution >= 4 is 11.6 Å². The van der Waals surface area contributed by atoms with Gasteiger partial charge in [0.15, 0.2) is 11.6 Å². The number of rotatable bonds is 7. The van der Waals surface area contributed by atoms with Crippen LogP contribution in [0.2, 0.25) is 0 Å². The van der Waals surface area contributed by atoms with E-state index in [9.17, 15) is 0 Å². The molecule has 0 aromatic carbocycles. The zero-order valence-electron chi connectivity index (χ0n) is 15.0. The van der Waals surface area contributed by atoms with E-state index in [2.05, 4.69) is 46.1 Å². The van der Waals surface area contributed by atoms with Crippen molar-refractivity contribution < 1.29 is 0 Å². The van der Waals surface area contributed by atoms with Gasteiger partial charge in [0, 0.05) is 48.5 Å². The van der Waals surface area contributed by atoms with Crippen molar-refractivity contribution in [3.05, 3.63) is 48.5 Å². The molecule has 0 atom stereocenters. The lowest BCUT2D eigenvalue weighted by Crippen LogP contribution is -2.04. The molecule has 0 saturated carbocycles. The van der Waals surface area contributed by atoms with Crippen molar-refractivity contribution in [3.8, 4) is 11.4 Å². The molecule has 6 nitrogen and oxygen atoms in total. The molecule has 0 radical (unpaired) electrons. The van der Waals surface area contributed by atoms with Gasteiger partial charge in [-0.25, -0.2) is 9.97 Å². The number of aromatic nitrogens is 5. The first-order valence-corrected chi connectivity index (χ1v) is 8.73. The lowest BCUT2D eigenvalue weighted by atomic mass is 10.1. The molecule has 0 spiro atoms. The standard InChI is InChI=1S/C19H24N6/c1-4-16-13-18(23-19(21-16)15-5-9-20-10-6-15)22-17-8-12-25(24-17)11-7-14(2)3/h5-6,8-10,12-14H,4,7,11H2,1-3H3,(H,21,22,23,24). The van der Waals surface area contributed by atoms with Crippen molar-refractivity contribution in [2.24, 2.45) is 5.92 Å². The highest BCUT2D eigenvalue weighted by Gasteiger charge is 2.08. The molecule has 3 heterocycles. The highest BCUT2D eigenvalue weighted by molar-refractivity contribution is 5.59. The molecule has 3 rings (SSSR count). The Morgan fingerprint density at radius 3 is 2.60 bits per heavy atom. The molecular weight excluding hydrogens is 312 g/mol. The zero-order chi connectivity index (χ0) is 17.6. The summed E-state index contributed by atoms with van der Waals surface area (Å²) in [6.45, 7) is 7.45. The van der Waals surface area contributed by atoms with Gasteiger partial charge in [0.2, 0.25) is 0 Å². The summed E-state index contributed by atoms with van der Waals surface area (Å²) in [4.78, 5) is 13.3. The molecule has 0 aliphatic carbocycles. The van der Waals surface area contributed by atoms with Crippen molar-refractivity contribution in [1.82, 2.24) is 24.7 Å². The highest BCUT2D eigenvalue weighted by Crippen LogP contribution is 2.20. The minimum Gasteiger partial charge on any atom is -0.323 e. The molecule has 6 heteroatoms. The van der Waals surface area contributed by atoms with Crippen LogP contribution in [0.15, 0.2) is 42.9 Å². The number of aryl methyl sites for hydroxylation is 2. The minimum absolute atomic E-state index is 0.664. The maximum atomic E-state index is 4.63. The summed E-state index contributed by atoms with van der Waals surface area (Å²) in [7, 11) is 0. The summed E-state index contributed by atoms with van der Waals surface area (Å²) in [5.74, 6) is 2.92. The Balaban J connectivity index is 1.80. The van der Waals surface area contributed by atoms with E-state index in [1.807, 2.05) is 35.1 Å². The molecule has 3 aromatic heterocycles. The number of hydrogen-bond acceptors (Lipinski definition) is 5. The van der Waals surface area contributed by atoms with Crippen molar-refractivity contribution in [3.63, 3.8) is 0 Å². The van der Waals surface area contributed by atoms with Gasteiger partial charge in [-0.2, -0.15) is 5.10 Å². The van der Waals surface area contributed by atoms with Crippen molar-refractivity contribution in [2.45, 2.75) is 40.2 Å². The fraction of sp³-hybridized carbons (Fsp3) is 0.368. The lowest BCUT2D eigenvalue weighted by molar-refractivity contribution is 0.488. The summed E-state index contributed by atoms with van der Waals surface area (Å²) in [5, 5.41) is 7.87. The Hall–Kier alpha value is -2.76. The van der Waals surface area contributed by atoms with Crippen LogP contribution in [-0.2, 0) is 13.0 Å². The van der Waals surface area contributed by atoms with Crippen LogP contribution >= 0.6 is 0 Å². The summed E-state index contributed by atoms with van der Waals surface area (Å²) in [6, 6.07) is 7.77. The number of anilines is 2. The molecule has 0 aliphatic heterocycles. The van der Waals surface area contributed by atoms with E-state index >= 15 is 0 Å². The van der Waals surface area contributed by atoms with Crippen LogP contribution < -0.4 is 5.32 Å². The molecular formula is C19H24N6. The van der Waals surface area contributed by atoms with Gasteiger partial charge in [-0.1, -0.05) is 20.8 Å². The van der Waals surface area contributed by atoms with Crippen molar-refractivity contribution in [1.29, 1.82) is 0 Å². The van der Waals surface area contributed by atoms with Gasteiger partial charge in [-0.15, -0.1) is 0 Å². The number of nitrogens with one attached hydrogen (secondary N) is 1. The number of nitrogens with zero attached hydrogens (tertiary/aromatic N) is 5. The zero-order valence-corrected chi connectivity index (χ0v) is 15.0. The van der Waals surface area contributed by atoms with Crippen LogP contribution in [0.5, 0.6) is 0 Å². The van der Waals surface area contributed by atoms with Gasteiger partial charge in [0.1, 0.15) is 5.82 Å². The van der Waals surface area contributed by atoms with E-state index in [0.717, 1.165) is 42.3 Å². The van der Waals surface area contributed by atoms with Gasteiger partial charge in [0.25, 0.3) is 0 Å². The topological polar surface area (TPSA) is 68.5 Å². The second kappa shape index (κ2) is 7.88. The van der Waals surface area contributed by atoms with Gasteiger partial charge >= 0.3 is 0 Å². The van der Waals surface area contributed by atoms with Crippen LogP contribution in [0.4, 0.5) is 11.6 Å². The summed E-state index contributed by atoms with van der Waals surface area (Å²) in [6.07, 6.45) is 7.46. The first-order chi connectivity index (χ1) is 12.1. The molecule has 25 heavy (non-hydrogen) atoms. The predicted octanol–water partition coefficient (Wildman–Crippen LogP) is 4.09. The second-order valence-corrected chi connectivity index (χ2v) is 6.43. The number of pyridine rings is 1. The Kier molecular flexibility index (Phi) is 5.38. The molecule has 130 valence electrons. The fourth-order valence-corrected chi connectivity index (χ4v) is 2.45. The maximum Gasteiger partial charge on any atom is 0.161 e. The Morgan fingerprint density at radius 2 is 1.88 bits per heavy atom. The van der Waals surface area contributed by atoms with E-state index in [0.29, 0.717) is 11.7 Å². The van der Waals surface area contributed by atoms with Crippen LogP contribution in [0.3, 0.4) is 0 Å². The van der Waals surface area contributed by atoms with Crippen LogP contribution in [-0.4, -0.2) is 24.7 Å². The van der Waals surface area contributed by atoms with Crippen molar-refractivity contribution in [2.75, 3.05) is 5.32 Å². The van der Waals surface area contributed by atoms with E-state index in [4.69, 9.17) is 0 Å². The lowest BCUT2D eigenvalue weighted by Gasteiger charge is -2.08. The second-order valence-electron chi connectivity index (χ2n) is 6.43. The largest absolute Gasteiger partial charge is 0.323 e. The van der Waals surface area contributed by atoms with Crippen LogP contribution in [0, 0.1) is 5.92 Å². The predicted molar refractivity (Wildman–Crippen MR) is 99.6 cm³/mol. The number of hydrogen-bond donors (Lipinski definition) is 1. The monoisotopic (exact) mass is 336 g/mol. The van der Waals surface area contributed by atoms with Gasteiger partial charge in [-0.3, -0.25) is 9.67 Å². The Morgan fingerprint density at radius 1 is 1.08 bits per heavy atom. The average molecular weight is 336 g/mol. The maximum absolute atomic E-state index is 4.63. The molecule has 0 saturated heterocycles. The summed E-state index contributed by atoms with van der Waals surface area (Å²) < 4.78 is 1.97. The molecule has 0 amide bonds. The smallest absolute Gasteiger partial charge is 0.161 e. The molecule has 0 bridgehead atoms. The SMILES string of the molecule is CCc1cc(Nc2ccn(CCC(C)C)n2)nc(-c2ccncc2)n1. The van der Waals surface area contributed by atoms with Gasteiger partial charge in [-0.05, 0) is 30.9 Å². The first kappa shape index (κ1) is 17.1. The molecule has 3 aromatic rings. The Bertz CT molecular complexity index is 810. The van der Waals surface area contributed by atoms with Gasteiger partial charge < -0.3 is 5.32 Å². The third kappa shape index (κ3) is 4.62. The van der Waals surface area contributed by atoms with E-state index in [1.165, 1.54) is 0 Å². The Labute approximate surface area is 148 Å². The first-order valence-electron chi connectivity index (χ1n) is 8.73. The fourth-order valence-electron chi connectivity index (χ4n) is 2.45. The molecule has 0 fully saturated rings. The summed E-state index contributed by atoms with van der Waals surface area (Å²) in [5.41, 5.74) is 1.94. The van der Waals surface area contributed by atoms with Crippen LogP contribution in [0.1, 0.15) is 32.9 Å².